The molecule has 6 heterocycles. The zero-order valence-electron chi connectivity index (χ0n) is 54.3. The molecule has 4 aliphatic carbocycles. The number of rotatable bonds is 13. The first kappa shape index (κ1) is 67.4. The van der Waals surface area contributed by atoms with Crippen molar-refractivity contribution in [2.75, 3.05) is 0 Å². The Labute approximate surface area is 520 Å². The zero-order valence-corrected chi connectivity index (χ0v) is 54.3. The Hall–Kier alpha value is -3.45. The third kappa shape index (κ3) is 13.4. The standard InChI is InChI=1S/C68H103NO19/c1-15-16-43-17-18-44-27-36(6)59(87-55-31-66(13,77)62(41(11)82-55)69-42(12)70)34(4)25-32(2)46-20-19-45-57(67(46,14)63(74)56-64(75)68(44,30-43)88-65(56)76)33(3)26-35(5)60(45)85-52-24-22-49(38(8)79-52)83-54-29-50(84-51-23-21-47(71)37(7)78-51)61(40(10)81-54)86-53-28-48(72)58(73)39(9)80-53/h17-20,25,27,33-35,37-41,43-55,57-62,71-74,77H,15-16,21-24,26,28-31H2,1-14H3,(H,69,70). The molecule has 30 atom stereocenters. The molecule has 6 N–H and O–H groups in total. The van der Waals surface area contributed by atoms with E-state index in [4.69, 9.17) is 52.1 Å². The molecular weight excluding hydrogens is 1130 g/mol. The Bertz CT molecular complexity index is 2660. The number of aliphatic hydroxyl groups excluding tert-OH is 4. The van der Waals surface area contributed by atoms with Crippen molar-refractivity contribution in [3.63, 3.8) is 0 Å². The van der Waals surface area contributed by atoms with Gasteiger partial charge in [0, 0.05) is 74.5 Å². The number of carbonyl (C=O) groups excluding carboxylic acids is 3. The number of allylic oxidation sites excluding steroid dienone is 4. The number of ether oxygens (including phenoxy) is 11. The maximum atomic E-state index is 15.7. The lowest BCUT2D eigenvalue weighted by Crippen LogP contribution is -2.62. The topological polar surface area (TPSA) is 266 Å². The number of hydrogen-bond donors (Lipinski definition) is 6. The molecule has 1 saturated carbocycles. The molecule has 7 fully saturated rings. The number of amides is 1. The molecule has 0 radical (unpaired) electrons. The number of aliphatic hydroxyl groups is 5. The number of Topliss-reactive ketones (excluding diaryl/α,β-unsaturated/α-hetero) is 1. The second kappa shape index (κ2) is 26.9. The summed E-state index contributed by atoms with van der Waals surface area (Å²) in [5.74, 6) is -4.04. The van der Waals surface area contributed by atoms with Crippen molar-refractivity contribution in [2.45, 2.75) is 296 Å². The SMILES string of the molecule is CCCC1C=CC2C=C(C)C(OC3CC(C)(O)C(NC(C)=O)C(C)O3)C(C)C=C(C)C3C=CC4C(OC5CCC(OC6CC(OC7CCC(O)C(C)O7)C(OC7CC(O)C(O)C(C)O7)C(C)O6)C(C)O5)C(C)CC(C)C4C3(C)C(O)=C3C(=O)OC2(C1)C3=O. The van der Waals surface area contributed by atoms with Gasteiger partial charge in [0.05, 0.1) is 78.8 Å². The summed E-state index contributed by atoms with van der Waals surface area (Å²) in [5, 5.41) is 59.4. The highest BCUT2D eigenvalue weighted by molar-refractivity contribution is 6.26. The minimum absolute atomic E-state index is 0.0149. The molecule has 494 valence electrons. The average Bonchev–Trinajstić information content (AvgIpc) is 1.31. The maximum Gasteiger partial charge on any atom is 0.346 e. The van der Waals surface area contributed by atoms with Crippen molar-refractivity contribution in [2.24, 2.45) is 52.8 Å². The molecule has 2 bridgehead atoms. The van der Waals surface area contributed by atoms with Crippen LogP contribution in [0, 0.1) is 52.8 Å². The van der Waals surface area contributed by atoms with Crippen LogP contribution in [0.15, 0.2) is 58.9 Å². The first-order valence-corrected chi connectivity index (χ1v) is 33.1. The van der Waals surface area contributed by atoms with Gasteiger partial charge >= 0.3 is 5.97 Å². The van der Waals surface area contributed by atoms with Crippen LogP contribution in [0.1, 0.15) is 168 Å². The van der Waals surface area contributed by atoms with E-state index < -0.39 is 145 Å². The molecule has 1 amide bonds. The number of fused-ring (bicyclic) bond motifs is 4. The molecule has 88 heavy (non-hydrogen) atoms. The summed E-state index contributed by atoms with van der Waals surface area (Å²) in [5.41, 5.74) is -2.82. The number of esters is 1. The summed E-state index contributed by atoms with van der Waals surface area (Å²) in [6, 6.07) is -0.672. The van der Waals surface area contributed by atoms with E-state index in [2.05, 4.69) is 57.3 Å². The van der Waals surface area contributed by atoms with E-state index in [0.29, 0.717) is 25.7 Å². The molecule has 0 aromatic heterocycles. The van der Waals surface area contributed by atoms with E-state index >= 15 is 4.79 Å². The lowest BCUT2D eigenvalue weighted by Gasteiger charge is -2.56. The Balaban J connectivity index is 0.907. The molecular formula is C68H103NO19. The minimum Gasteiger partial charge on any atom is -0.511 e. The van der Waals surface area contributed by atoms with Crippen LogP contribution in [-0.4, -0.2) is 171 Å². The van der Waals surface area contributed by atoms with Crippen molar-refractivity contribution in [1.29, 1.82) is 0 Å². The van der Waals surface area contributed by atoms with E-state index in [1.807, 2.05) is 53.7 Å². The predicted molar refractivity (Wildman–Crippen MR) is 321 cm³/mol. The molecule has 0 aromatic carbocycles. The summed E-state index contributed by atoms with van der Waals surface area (Å²) in [6.45, 7) is 26.8. The highest BCUT2D eigenvalue weighted by Gasteiger charge is 2.64. The van der Waals surface area contributed by atoms with Gasteiger partial charge in [0.15, 0.2) is 37.1 Å². The van der Waals surface area contributed by atoms with Crippen molar-refractivity contribution >= 4 is 17.7 Å². The largest absolute Gasteiger partial charge is 0.511 e. The fourth-order valence-corrected chi connectivity index (χ4v) is 17.3. The summed E-state index contributed by atoms with van der Waals surface area (Å²) in [7, 11) is 0. The van der Waals surface area contributed by atoms with E-state index in [-0.39, 0.29) is 90.6 Å². The number of carbonyl (C=O) groups is 3. The Kier molecular flexibility index (Phi) is 20.6. The summed E-state index contributed by atoms with van der Waals surface area (Å²) in [6.07, 6.45) is 6.05. The predicted octanol–water partition coefficient (Wildman–Crippen LogP) is 8.02. The Morgan fingerprint density at radius 2 is 1.31 bits per heavy atom. The van der Waals surface area contributed by atoms with Gasteiger partial charge in [0.1, 0.15) is 23.5 Å². The van der Waals surface area contributed by atoms with Gasteiger partial charge < -0.3 is 83.0 Å². The van der Waals surface area contributed by atoms with Crippen LogP contribution in [0.5, 0.6) is 0 Å². The number of ketones is 1. The van der Waals surface area contributed by atoms with Gasteiger partial charge in [-0.05, 0) is 110 Å². The van der Waals surface area contributed by atoms with Crippen LogP contribution in [0.4, 0.5) is 0 Å². The maximum absolute atomic E-state index is 15.7. The van der Waals surface area contributed by atoms with Crippen LogP contribution >= 0.6 is 0 Å². The summed E-state index contributed by atoms with van der Waals surface area (Å²) >= 11 is 0. The smallest absolute Gasteiger partial charge is 0.346 e. The third-order valence-electron chi connectivity index (χ3n) is 21.6. The van der Waals surface area contributed by atoms with Gasteiger partial charge in [-0.15, -0.1) is 0 Å². The molecule has 1 spiro atoms. The Morgan fingerprint density at radius 1 is 0.659 bits per heavy atom. The first-order chi connectivity index (χ1) is 41.5. The molecule has 10 aliphatic rings. The molecule has 6 saturated heterocycles. The second-order valence-corrected chi connectivity index (χ2v) is 28.6. The van der Waals surface area contributed by atoms with Gasteiger partial charge in [-0.3, -0.25) is 9.59 Å². The number of nitrogens with one attached hydrogen (secondary N) is 1. The first-order valence-electron chi connectivity index (χ1n) is 33.1. The monoisotopic (exact) mass is 1240 g/mol. The van der Waals surface area contributed by atoms with Gasteiger partial charge in [0.25, 0.3) is 0 Å². The number of hydrogen-bond acceptors (Lipinski definition) is 19. The lowest BCUT2D eigenvalue weighted by molar-refractivity contribution is -0.346. The summed E-state index contributed by atoms with van der Waals surface area (Å²) < 4.78 is 72.4. The highest BCUT2D eigenvalue weighted by Crippen LogP contribution is 2.61. The lowest BCUT2D eigenvalue weighted by atomic mass is 9.49. The quantitative estimate of drug-likeness (QED) is 0.0579. The molecule has 6 aliphatic heterocycles. The van der Waals surface area contributed by atoms with Crippen LogP contribution in [0.25, 0.3) is 0 Å². The fourth-order valence-electron chi connectivity index (χ4n) is 17.3. The fraction of sp³-hybridized carbons (Fsp3) is 0.809. The van der Waals surface area contributed by atoms with E-state index in [0.717, 1.165) is 30.4 Å². The third-order valence-corrected chi connectivity index (χ3v) is 21.6. The minimum atomic E-state index is -1.63. The van der Waals surface area contributed by atoms with Crippen molar-refractivity contribution in [3.8, 4) is 0 Å². The second-order valence-electron chi connectivity index (χ2n) is 28.6. The van der Waals surface area contributed by atoms with E-state index in [1.54, 1.807) is 20.8 Å². The van der Waals surface area contributed by atoms with E-state index in [1.165, 1.54) is 6.92 Å². The van der Waals surface area contributed by atoms with Crippen LogP contribution in [-0.2, 0) is 66.5 Å². The van der Waals surface area contributed by atoms with Crippen LogP contribution in [0.2, 0.25) is 0 Å². The average molecular weight is 1240 g/mol. The molecule has 20 heteroatoms. The van der Waals surface area contributed by atoms with Crippen molar-refractivity contribution < 1.29 is 92.0 Å². The van der Waals surface area contributed by atoms with Gasteiger partial charge in [-0.1, -0.05) is 83.1 Å². The van der Waals surface area contributed by atoms with Crippen molar-refractivity contribution in [3.05, 3.63) is 58.9 Å². The van der Waals surface area contributed by atoms with Crippen molar-refractivity contribution in [1.82, 2.24) is 5.32 Å². The highest BCUT2D eigenvalue weighted by atomic mass is 16.8. The van der Waals surface area contributed by atoms with Gasteiger partial charge in [-0.2, -0.15) is 0 Å². The van der Waals surface area contributed by atoms with Crippen LogP contribution < -0.4 is 5.32 Å². The molecule has 20 nitrogen and oxygen atoms in total. The van der Waals surface area contributed by atoms with Crippen LogP contribution in [0.3, 0.4) is 0 Å². The van der Waals surface area contributed by atoms with Gasteiger partial charge in [-0.25, -0.2) is 4.79 Å². The molecule has 0 aromatic rings. The zero-order chi connectivity index (χ0) is 63.6. The Morgan fingerprint density at radius 3 is 1.99 bits per heavy atom. The van der Waals surface area contributed by atoms with Gasteiger partial charge in [0.2, 0.25) is 11.7 Å². The molecule has 10 rings (SSSR count). The van der Waals surface area contributed by atoms with E-state index in [9.17, 15) is 35.1 Å². The normalized spacial score (nSPS) is 49.2. The molecule has 30 unspecified atom stereocenters. The summed E-state index contributed by atoms with van der Waals surface area (Å²) in [4.78, 5) is 42.8.